The standard InChI is InChI=1S/C18H24N2O3S/c1-4-7-14-13(17(21)20-18(24)19-14)11-12-8-6-9-15(22-3)16(12)23-10-5-2/h6,8-9H,4-5,7,10-11H2,1-3H3,(H2,19,20,21,24). The van der Waals surface area contributed by atoms with Crippen LogP contribution in [0.3, 0.4) is 0 Å². The Bertz CT molecular complexity index is 796. The molecule has 6 heteroatoms. The van der Waals surface area contributed by atoms with Gasteiger partial charge in [-0.3, -0.25) is 9.78 Å². The number of para-hydroxylation sites is 1. The summed E-state index contributed by atoms with van der Waals surface area (Å²) in [5, 5.41) is 0. The predicted octanol–water partition coefficient (Wildman–Crippen LogP) is 3.77. The van der Waals surface area contributed by atoms with Gasteiger partial charge in [0.15, 0.2) is 16.3 Å². The molecule has 1 heterocycles. The molecule has 1 aromatic heterocycles. The highest BCUT2D eigenvalue weighted by Crippen LogP contribution is 2.32. The summed E-state index contributed by atoms with van der Waals surface area (Å²) in [5.74, 6) is 1.38. The molecule has 0 saturated heterocycles. The maximum atomic E-state index is 12.4. The Kier molecular flexibility index (Phi) is 6.61. The topological polar surface area (TPSA) is 67.1 Å². The molecule has 0 aliphatic carbocycles. The van der Waals surface area contributed by atoms with E-state index in [1.165, 1.54) is 0 Å². The Balaban J connectivity index is 2.48. The average Bonchev–Trinajstić information content (AvgIpc) is 2.56. The highest BCUT2D eigenvalue weighted by atomic mass is 32.1. The zero-order valence-electron chi connectivity index (χ0n) is 14.4. The number of rotatable bonds is 8. The molecule has 0 aliphatic rings. The Labute approximate surface area is 147 Å². The Morgan fingerprint density at radius 3 is 2.62 bits per heavy atom. The van der Waals surface area contributed by atoms with E-state index in [1.807, 2.05) is 18.2 Å². The normalized spacial score (nSPS) is 10.6. The van der Waals surface area contributed by atoms with Gasteiger partial charge < -0.3 is 14.5 Å². The van der Waals surface area contributed by atoms with Crippen molar-refractivity contribution in [1.82, 2.24) is 9.97 Å². The van der Waals surface area contributed by atoms with E-state index in [0.717, 1.165) is 30.5 Å². The Morgan fingerprint density at radius 2 is 1.96 bits per heavy atom. The summed E-state index contributed by atoms with van der Waals surface area (Å²) in [5.41, 5.74) is 2.36. The molecule has 1 aromatic carbocycles. The van der Waals surface area contributed by atoms with Gasteiger partial charge in [-0.2, -0.15) is 0 Å². The van der Waals surface area contributed by atoms with Crippen LogP contribution >= 0.6 is 12.2 Å². The lowest BCUT2D eigenvalue weighted by Gasteiger charge is -2.15. The van der Waals surface area contributed by atoms with E-state index in [1.54, 1.807) is 7.11 Å². The van der Waals surface area contributed by atoms with Gasteiger partial charge >= 0.3 is 0 Å². The van der Waals surface area contributed by atoms with Gasteiger partial charge in [-0.15, -0.1) is 0 Å². The van der Waals surface area contributed by atoms with Crippen molar-refractivity contribution < 1.29 is 9.47 Å². The molecule has 0 unspecified atom stereocenters. The number of aromatic amines is 2. The van der Waals surface area contributed by atoms with Gasteiger partial charge in [0.25, 0.3) is 5.56 Å². The lowest BCUT2D eigenvalue weighted by molar-refractivity contribution is 0.291. The number of nitrogens with one attached hydrogen (secondary N) is 2. The molecule has 24 heavy (non-hydrogen) atoms. The summed E-state index contributed by atoms with van der Waals surface area (Å²) < 4.78 is 11.6. The molecule has 0 amide bonds. The molecule has 2 aromatic rings. The molecule has 2 rings (SSSR count). The van der Waals surface area contributed by atoms with Gasteiger partial charge in [0.1, 0.15) is 0 Å². The van der Waals surface area contributed by atoms with Crippen molar-refractivity contribution in [2.45, 2.75) is 39.5 Å². The maximum Gasteiger partial charge on any atom is 0.255 e. The van der Waals surface area contributed by atoms with Gasteiger partial charge in [-0.05, 0) is 31.1 Å². The summed E-state index contributed by atoms with van der Waals surface area (Å²) >= 11 is 5.09. The number of hydrogen-bond acceptors (Lipinski definition) is 4. The van der Waals surface area contributed by atoms with Crippen LogP contribution in [0.5, 0.6) is 11.5 Å². The third-order valence-electron chi connectivity index (χ3n) is 3.73. The zero-order chi connectivity index (χ0) is 17.5. The fraction of sp³-hybridized carbons (Fsp3) is 0.444. The number of aromatic nitrogens is 2. The van der Waals surface area contributed by atoms with Crippen LogP contribution in [0.1, 0.15) is 43.5 Å². The van der Waals surface area contributed by atoms with Gasteiger partial charge in [0, 0.05) is 23.2 Å². The molecule has 0 saturated carbocycles. The smallest absolute Gasteiger partial charge is 0.255 e. The largest absolute Gasteiger partial charge is 0.493 e. The minimum Gasteiger partial charge on any atom is -0.493 e. The van der Waals surface area contributed by atoms with Crippen LogP contribution in [0.25, 0.3) is 0 Å². The summed E-state index contributed by atoms with van der Waals surface area (Å²) in [6, 6.07) is 5.74. The summed E-state index contributed by atoms with van der Waals surface area (Å²) in [6.45, 7) is 4.72. The number of H-pyrrole nitrogens is 2. The van der Waals surface area contributed by atoms with E-state index in [9.17, 15) is 4.79 Å². The van der Waals surface area contributed by atoms with Crippen molar-refractivity contribution in [2.75, 3.05) is 13.7 Å². The van der Waals surface area contributed by atoms with Crippen molar-refractivity contribution in [3.8, 4) is 11.5 Å². The molecule has 0 fully saturated rings. The molecule has 0 radical (unpaired) electrons. The minimum atomic E-state index is -0.147. The minimum absolute atomic E-state index is 0.147. The van der Waals surface area contributed by atoms with Crippen molar-refractivity contribution in [1.29, 1.82) is 0 Å². The second-order valence-electron chi connectivity index (χ2n) is 5.59. The van der Waals surface area contributed by atoms with Crippen LogP contribution in [-0.4, -0.2) is 23.7 Å². The number of hydrogen-bond donors (Lipinski definition) is 2. The van der Waals surface area contributed by atoms with Crippen molar-refractivity contribution in [3.63, 3.8) is 0 Å². The molecular weight excluding hydrogens is 324 g/mol. The van der Waals surface area contributed by atoms with E-state index in [-0.39, 0.29) is 5.56 Å². The number of ether oxygens (including phenoxy) is 2. The van der Waals surface area contributed by atoms with Gasteiger partial charge in [-0.1, -0.05) is 32.4 Å². The molecule has 130 valence electrons. The Hall–Kier alpha value is -2.08. The van der Waals surface area contributed by atoms with E-state index < -0.39 is 0 Å². The molecule has 2 N–H and O–H groups in total. The molecular formula is C18H24N2O3S. The molecule has 5 nitrogen and oxygen atoms in total. The van der Waals surface area contributed by atoms with Crippen LogP contribution in [0.4, 0.5) is 0 Å². The molecule has 0 bridgehead atoms. The van der Waals surface area contributed by atoms with Crippen molar-refractivity contribution in [3.05, 3.63) is 50.1 Å². The van der Waals surface area contributed by atoms with E-state index in [4.69, 9.17) is 21.7 Å². The first kappa shape index (κ1) is 18.3. The number of methoxy groups -OCH3 is 1. The molecule has 0 spiro atoms. The lowest BCUT2D eigenvalue weighted by Crippen LogP contribution is -2.18. The second-order valence-corrected chi connectivity index (χ2v) is 6.00. The summed E-state index contributed by atoms with van der Waals surface area (Å²) in [4.78, 5) is 18.2. The quantitative estimate of drug-likeness (QED) is 0.713. The number of aryl methyl sites for hydroxylation is 1. The highest BCUT2D eigenvalue weighted by molar-refractivity contribution is 7.71. The van der Waals surface area contributed by atoms with Crippen LogP contribution < -0.4 is 15.0 Å². The third-order valence-corrected chi connectivity index (χ3v) is 3.93. The Morgan fingerprint density at radius 1 is 1.17 bits per heavy atom. The van der Waals surface area contributed by atoms with Gasteiger partial charge in [0.2, 0.25) is 0 Å². The first-order valence-electron chi connectivity index (χ1n) is 8.23. The van der Waals surface area contributed by atoms with E-state index in [2.05, 4.69) is 23.8 Å². The first-order chi connectivity index (χ1) is 11.6. The SMILES string of the molecule is CCCOc1c(Cc2c(CCC)[nH]c(=S)[nH]c2=O)cccc1OC. The van der Waals surface area contributed by atoms with Crippen LogP contribution in [0, 0.1) is 4.77 Å². The second kappa shape index (κ2) is 8.68. The number of benzene rings is 1. The zero-order valence-corrected chi connectivity index (χ0v) is 15.2. The fourth-order valence-electron chi connectivity index (χ4n) is 2.63. The third kappa shape index (κ3) is 4.26. The maximum absolute atomic E-state index is 12.4. The summed E-state index contributed by atoms with van der Waals surface area (Å²) in [6.07, 6.45) is 3.07. The van der Waals surface area contributed by atoms with Crippen molar-refractivity contribution in [2.24, 2.45) is 0 Å². The molecule has 0 aliphatic heterocycles. The average molecular weight is 348 g/mol. The fourth-order valence-corrected chi connectivity index (χ4v) is 2.85. The first-order valence-corrected chi connectivity index (χ1v) is 8.64. The lowest BCUT2D eigenvalue weighted by atomic mass is 10.0. The van der Waals surface area contributed by atoms with Crippen molar-refractivity contribution >= 4 is 12.2 Å². The van der Waals surface area contributed by atoms with Gasteiger partial charge in [-0.25, -0.2) is 0 Å². The van der Waals surface area contributed by atoms with E-state index in [0.29, 0.717) is 34.9 Å². The van der Waals surface area contributed by atoms with Crippen LogP contribution in [-0.2, 0) is 12.8 Å². The van der Waals surface area contributed by atoms with E-state index >= 15 is 0 Å². The molecule has 0 atom stereocenters. The van der Waals surface area contributed by atoms with Crippen LogP contribution in [0.15, 0.2) is 23.0 Å². The monoisotopic (exact) mass is 348 g/mol. The predicted molar refractivity (Wildman–Crippen MR) is 97.8 cm³/mol. The van der Waals surface area contributed by atoms with Gasteiger partial charge in [0.05, 0.1) is 13.7 Å². The summed E-state index contributed by atoms with van der Waals surface area (Å²) in [7, 11) is 1.62. The van der Waals surface area contributed by atoms with Crippen LogP contribution in [0.2, 0.25) is 0 Å². The highest BCUT2D eigenvalue weighted by Gasteiger charge is 2.15.